The van der Waals surface area contributed by atoms with Crippen molar-refractivity contribution in [1.29, 1.82) is 0 Å². The number of benzene rings is 1. The molecule has 0 unspecified atom stereocenters. The normalized spacial score (nSPS) is 11.0. The topological polar surface area (TPSA) is 29.5 Å². The predicted molar refractivity (Wildman–Crippen MR) is 68.6 cm³/mol. The molecule has 0 fully saturated rings. The molecule has 3 nitrogen and oxygen atoms in total. The van der Waals surface area contributed by atoms with Crippen molar-refractivity contribution < 1.29 is 13.9 Å². The molecule has 0 bridgehead atoms. The van der Waals surface area contributed by atoms with Gasteiger partial charge in [-0.15, -0.1) is 0 Å². The quantitative estimate of drug-likeness (QED) is 0.730. The third-order valence-electron chi connectivity index (χ3n) is 2.64. The van der Waals surface area contributed by atoms with Gasteiger partial charge in [-0.3, -0.25) is 9.69 Å². The highest BCUT2D eigenvalue weighted by molar-refractivity contribution is 5.71. The summed E-state index contributed by atoms with van der Waals surface area (Å²) in [6, 6.07) is 6.62. The first-order valence-electron chi connectivity index (χ1n) is 6.17. The van der Waals surface area contributed by atoms with Crippen LogP contribution in [0.5, 0.6) is 0 Å². The Morgan fingerprint density at radius 1 is 1.44 bits per heavy atom. The second kappa shape index (κ2) is 7.11. The lowest BCUT2D eigenvalue weighted by Crippen LogP contribution is -2.36. The van der Waals surface area contributed by atoms with E-state index in [0.717, 1.165) is 5.56 Å². The van der Waals surface area contributed by atoms with E-state index in [2.05, 4.69) is 0 Å². The zero-order chi connectivity index (χ0) is 13.5. The maximum absolute atomic E-state index is 13.1. The van der Waals surface area contributed by atoms with Crippen molar-refractivity contribution >= 4 is 5.97 Å². The van der Waals surface area contributed by atoms with Crippen molar-refractivity contribution in [2.75, 3.05) is 13.2 Å². The first kappa shape index (κ1) is 14.6. The van der Waals surface area contributed by atoms with E-state index >= 15 is 0 Å². The Morgan fingerprint density at radius 2 is 2.17 bits per heavy atom. The summed E-state index contributed by atoms with van der Waals surface area (Å²) < 4.78 is 18.0. The van der Waals surface area contributed by atoms with Gasteiger partial charge in [0, 0.05) is 12.6 Å². The number of rotatable bonds is 6. The Bertz CT molecular complexity index is 393. The average molecular weight is 253 g/mol. The lowest BCUT2D eigenvalue weighted by Gasteiger charge is -2.25. The summed E-state index contributed by atoms with van der Waals surface area (Å²) in [7, 11) is 0. The van der Waals surface area contributed by atoms with Gasteiger partial charge in [0.25, 0.3) is 0 Å². The summed E-state index contributed by atoms with van der Waals surface area (Å²) in [6.45, 7) is 6.92. The fourth-order valence-corrected chi connectivity index (χ4v) is 1.66. The molecule has 0 radical (unpaired) electrons. The minimum atomic E-state index is -0.257. The van der Waals surface area contributed by atoms with Gasteiger partial charge >= 0.3 is 5.97 Å². The maximum atomic E-state index is 13.1. The van der Waals surface area contributed by atoms with E-state index in [1.807, 2.05) is 24.8 Å². The number of halogens is 1. The average Bonchev–Trinajstić information content (AvgIpc) is 2.28. The van der Waals surface area contributed by atoms with Gasteiger partial charge in [0.15, 0.2) is 0 Å². The Balaban J connectivity index is 2.66. The van der Waals surface area contributed by atoms with Crippen LogP contribution >= 0.6 is 0 Å². The SMILES string of the molecule is CCOC(=O)CN(Cc1cccc(F)c1)C(C)C. The van der Waals surface area contributed by atoms with Crippen molar-refractivity contribution in [3.8, 4) is 0 Å². The number of carbonyl (C=O) groups excluding carboxylic acids is 1. The monoisotopic (exact) mass is 253 g/mol. The number of carbonyl (C=O) groups is 1. The largest absolute Gasteiger partial charge is 0.465 e. The van der Waals surface area contributed by atoms with E-state index in [1.165, 1.54) is 12.1 Å². The van der Waals surface area contributed by atoms with Gasteiger partial charge in [-0.25, -0.2) is 4.39 Å². The smallest absolute Gasteiger partial charge is 0.320 e. The number of esters is 1. The van der Waals surface area contributed by atoms with E-state index in [4.69, 9.17) is 4.74 Å². The molecule has 1 rings (SSSR count). The summed E-state index contributed by atoms with van der Waals surface area (Å²) in [5.74, 6) is -0.505. The first-order chi connectivity index (χ1) is 8.52. The molecule has 1 aromatic rings. The number of hydrogen-bond donors (Lipinski definition) is 0. The fourth-order valence-electron chi connectivity index (χ4n) is 1.66. The standard InChI is InChI=1S/C14H20FNO2/c1-4-18-14(17)10-16(11(2)3)9-12-6-5-7-13(15)8-12/h5-8,11H,4,9-10H2,1-3H3. The van der Waals surface area contributed by atoms with Crippen molar-refractivity contribution in [1.82, 2.24) is 4.90 Å². The summed E-state index contributed by atoms with van der Waals surface area (Å²) in [5.41, 5.74) is 0.855. The van der Waals surface area contributed by atoms with Gasteiger partial charge in [-0.2, -0.15) is 0 Å². The number of ether oxygens (including phenoxy) is 1. The second-order valence-electron chi connectivity index (χ2n) is 4.43. The van der Waals surface area contributed by atoms with Crippen molar-refractivity contribution in [3.63, 3.8) is 0 Å². The molecule has 0 heterocycles. The summed E-state index contributed by atoms with van der Waals surface area (Å²) in [5, 5.41) is 0. The van der Waals surface area contributed by atoms with Gasteiger partial charge in [0.1, 0.15) is 5.82 Å². The molecular weight excluding hydrogens is 233 g/mol. The van der Waals surface area contributed by atoms with Gasteiger partial charge in [0.05, 0.1) is 13.2 Å². The minimum absolute atomic E-state index is 0.192. The lowest BCUT2D eigenvalue weighted by molar-refractivity contribution is -0.145. The highest BCUT2D eigenvalue weighted by atomic mass is 19.1. The molecule has 0 atom stereocenters. The highest BCUT2D eigenvalue weighted by Gasteiger charge is 2.15. The second-order valence-corrected chi connectivity index (χ2v) is 4.43. The van der Waals surface area contributed by atoms with E-state index in [-0.39, 0.29) is 24.4 Å². The fraction of sp³-hybridized carbons (Fsp3) is 0.500. The maximum Gasteiger partial charge on any atom is 0.320 e. The molecule has 0 saturated carbocycles. The minimum Gasteiger partial charge on any atom is -0.465 e. The van der Waals surface area contributed by atoms with E-state index in [0.29, 0.717) is 13.2 Å². The van der Waals surface area contributed by atoms with E-state index in [9.17, 15) is 9.18 Å². The number of nitrogens with zero attached hydrogens (tertiary/aromatic N) is 1. The van der Waals surface area contributed by atoms with Crippen LogP contribution < -0.4 is 0 Å². The molecule has 0 aliphatic carbocycles. The third-order valence-corrected chi connectivity index (χ3v) is 2.64. The van der Waals surface area contributed by atoms with Crippen LogP contribution in [0, 0.1) is 5.82 Å². The van der Waals surface area contributed by atoms with Crippen LogP contribution in [0.1, 0.15) is 26.3 Å². The van der Waals surface area contributed by atoms with Gasteiger partial charge < -0.3 is 4.74 Å². The summed E-state index contributed by atoms with van der Waals surface area (Å²) >= 11 is 0. The first-order valence-corrected chi connectivity index (χ1v) is 6.17. The Hall–Kier alpha value is -1.42. The van der Waals surface area contributed by atoms with Crippen LogP contribution in [0.4, 0.5) is 4.39 Å². The van der Waals surface area contributed by atoms with Crippen molar-refractivity contribution in [2.24, 2.45) is 0 Å². The molecule has 0 amide bonds. The molecule has 4 heteroatoms. The molecule has 100 valence electrons. The zero-order valence-electron chi connectivity index (χ0n) is 11.1. The third kappa shape index (κ3) is 4.84. The van der Waals surface area contributed by atoms with Crippen LogP contribution in [0.15, 0.2) is 24.3 Å². The molecule has 0 saturated heterocycles. The summed E-state index contributed by atoms with van der Waals surface area (Å²) in [6.07, 6.45) is 0. The van der Waals surface area contributed by atoms with Crippen LogP contribution in [-0.4, -0.2) is 30.1 Å². The van der Waals surface area contributed by atoms with Crippen LogP contribution in [0.2, 0.25) is 0 Å². The molecule has 0 N–H and O–H groups in total. The molecule has 0 aliphatic heterocycles. The van der Waals surface area contributed by atoms with Crippen molar-refractivity contribution in [2.45, 2.75) is 33.4 Å². The molecule has 18 heavy (non-hydrogen) atoms. The lowest BCUT2D eigenvalue weighted by atomic mass is 10.2. The van der Waals surface area contributed by atoms with Gasteiger partial charge in [-0.1, -0.05) is 12.1 Å². The van der Waals surface area contributed by atoms with Gasteiger partial charge in [0.2, 0.25) is 0 Å². The van der Waals surface area contributed by atoms with E-state index in [1.54, 1.807) is 13.0 Å². The molecular formula is C14H20FNO2. The molecule has 0 aromatic heterocycles. The van der Waals surface area contributed by atoms with Crippen LogP contribution in [0.3, 0.4) is 0 Å². The van der Waals surface area contributed by atoms with E-state index < -0.39 is 0 Å². The van der Waals surface area contributed by atoms with Crippen LogP contribution in [-0.2, 0) is 16.1 Å². The molecule has 1 aromatic carbocycles. The molecule has 0 spiro atoms. The zero-order valence-corrected chi connectivity index (χ0v) is 11.1. The number of hydrogen-bond acceptors (Lipinski definition) is 3. The molecule has 0 aliphatic rings. The summed E-state index contributed by atoms with van der Waals surface area (Å²) in [4.78, 5) is 13.4. The Labute approximate surface area is 108 Å². The Morgan fingerprint density at radius 3 is 2.72 bits per heavy atom. The van der Waals surface area contributed by atoms with Gasteiger partial charge in [-0.05, 0) is 38.5 Å². The highest BCUT2D eigenvalue weighted by Crippen LogP contribution is 2.10. The van der Waals surface area contributed by atoms with Crippen molar-refractivity contribution in [3.05, 3.63) is 35.6 Å². The Kier molecular flexibility index (Phi) is 5.78. The predicted octanol–water partition coefficient (Wildman–Crippen LogP) is 2.60. The van der Waals surface area contributed by atoms with Crippen LogP contribution in [0.25, 0.3) is 0 Å².